The van der Waals surface area contributed by atoms with Crippen molar-refractivity contribution in [1.29, 1.82) is 0 Å². The molecule has 3 rings (SSSR count). The van der Waals surface area contributed by atoms with Gasteiger partial charge in [0.25, 0.3) is 5.92 Å². The molecule has 2 heterocycles. The highest BCUT2D eigenvalue weighted by atomic mass is 35.5. The van der Waals surface area contributed by atoms with Crippen molar-refractivity contribution in [3.05, 3.63) is 0 Å². The van der Waals surface area contributed by atoms with Gasteiger partial charge in [0.1, 0.15) is 5.60 Å². The molecule has 3 fully saturated rings. The van der Waals surface area contributed by atoms with Crippen LogP contribution < -0.4 is 0 Å². The van der Waals surface area contributed by atoms with Gasteiger partial charge in [0.2, 0.25) is 0 Å². The third kappa shape index (κ3) is 5.59. The van der Waals surface area contributed by atoms with E-state index in [1.165, 1.54) is 0 Å². The lowest BCUT2D eigenvalue weighted by Gasteiger charge is -2.50. The molecule has 0 bridgehead atoms. The lowest BCUT2D eigenvalue weighted by molar-refractivity contribution is -0.153. The first kappa shape index (κ1) is 23.7. The molecule has 1 saturated carbocycles. The normalized spacial score (nSPS) is 25.7. The van der Waals surface area contributed by atoms with Crippen LogP contribution >= 0.6 is 24.8 Å². The second-order valence-corrected chi connectivity index (χ2v) is 8.96. The Balaban J connectivity index is 0.00000169. The molecule has 0 unspecified atom stereocenters. The molecule has 1 aliphatic carbocycles. The zero-order valence-electron chi connectivity index (χ0n) is 15.9. The number of nitrogens with zero attached hydrogens (tertiary/aromatic N) is 2. The van der Waals surface area contributed by atoms with Gasteiger partial charge in [0, 0.05) is 19.1 Å². The summed E-state index contributed by atoms with van der Waals surface area (Å²) in [7, 11) is 0. The lowest BCUT2D eigenvalue weighted by Crippen LogP contribution is -2.61. The molecule has 1 amide bonds. The van der Waals surface area contributed by atoms with Crippen LogP contribution in [0.1, 0.15) is 59.3 Å². The second-order valence-electron chi connectivity index (χ2n) is 8.96. The van der Waals surface area contributed by atoms with Crippen LogP contribution in [0.5, 0.6) is 0 Å². The van der Waals surface area contributed by atoms with E-state index in [1.54, 1.807) is 0 Å². The summed E-state index contributed by atoms with van der Waals surface area (Å²) in [5.41, 5.74) is -0.147. The minimum absolute atomic E-state index is 0. The van der Waals surface area contributed by atoms with Gasteiger partial charge in [-0.2, -0.15) is 0 Å². The molecule has 1 spiro atoms. The molecule has 3 aliphatic rings. The largest absolute Gasteiger partial charge is 0.444 e. The molecule has 2 aliphatic heterocycles. The maximum absolute atomic E-state index is 13.0. The second kappa shape index (κ2) is 8.36. The Kier molecular flexibility index (Phi) is 7.62. The van der Waals surface area contributed by atoms with E-state index in [0.717, 1.165) is 51.6 Å². The Morgan fingerprint density at radius 2 is 1.50 bits per heavy atom. The fraction of sp³-hybridized carbons (Fsp3) is 0.944. The number of rotatable bonds is 1. The van der Waals surface area contributed by atoms with Crippen molar-refractivity contribution < 1.29 is 18.3 Å². The van der Waals surface area contributed by atoms with Gasteiger partial charge in [-0.1, -0.05) is 0 Å². The first-order valence-corrected chi connectivity index (χ1v) is 9.17. The molecule has 0 N–H and O–H groups in total. The molecule has 26 heavy (non-hydrogen) atoms. The van der Waals surface area contributed by atoms with Gasteiger partial charge in [-0.3, -0.25) is 4.90 Å². The van der Waals surface area contributed by atoms with Crippen LogP contribution in [0.3, 0.4) is 0 Å². The van der Waals surface area contributed by atoms with Crippen LogP contribution in [-0.2, 0) is 4.74 Å². The van der Waals surface area contributed by atoms with Crippen molar-refractivity contribution in [2.45, 2.75) is 76.9 Å². The molecule has 0 atom stereocenters. The van der Waals surface area contributed by atoms with Gasteiger partial charge in [-0.25, -0.2) is 13.6 Å². The summed E-state index contributed by atoms with van der Waals surface area (Å²) in [5, 5.41) is 0. The third-order valence-corrected chi connectivity index (χ3v) is 5.88. The van der Waals surface area contributed by atoms with Crippen LogP contribution in [0, 0.1) is 5.41 Å². The summed E-state index contributed by atoms with van der Waals surface area (Å²) in [5.74, 6) is -2.46. The molecular weight excluding hydrogens is 385 g/mol. The van der Waals surface area contributed by atoms with Crippen LogP contribution in [0.2, 0.25) is 0 Å². The fourth-order valence-corrected chi connectivity index (χ4v) is 4.38. The number of halogens is 4. The monoisotopic (exact) mass is 416 g/mol. The Morgan fingerprint density at radius 3 is 1.92 bits per heavy atom. The molecule has 2 saturated heterocycles. The van der Waals surface area contributed by atoms with Crippen molar-refractivity contribution in [1.82, 2.24) is 9.80 Å². The number of carbonyl (C=O) groups is 1. The Bertz CT molecular complexity index is 474. The maximum Gasteiger partial charge on any atom is 0.410 e. The number of carbonyl (C=O) groups excluding carboxylic acids is 1. The zero-order chi connectivity index (χ0) is 17.6. The molecule has 154 valence electrons. The summed E-state index contributed by atoms with van der Waals surface area (Å²) in [6.45, 7) is 7.04. The quantitative estimate of drug-likeness (QED) is 0.618. The van der Waals surface area contributed by atoms with Crippen LogP contribution in [0.15, 0.2) is 0 Å². The van der Waals surface area contributed by atoms with Crippen molar-refractivity contribution in [3.63, 3.8) is 0 Å². The number of alkyl halides is 2. The minimum atomic E-state index is -2.46. The number of likely N-dealkylation sites (tertiary alicyclic amines) is 2. The maximum atomic E-state index is 13.0. The van der Waals surface area contributed by atoms with E-state index in [-0.39, 0.29) is 44.0 Å². The van der Waals surface area contributed by atoms with Crippen molar-refractivity contribution >= 4 is 30.9 Å². The minimum Gasteiger partial charge on any atom is -0.444 e. The molecule has 4 nitrogen and oxygen atoms in total. The third-order valence-electron chi connectivity index (χ3n) is 5.88. The van der Waals surface area contributed by atoms with Gasteiger partial charge < -0.3 is 9.64 Å². The van der Waals surface area contributed by atoms with Crippen LogP contribution in [-0.4, -0.2) is 59.6 Å². The van der Waals surface area contributed by atoms with E-state index in [0.29, 0.717) is 11.5 Å². The Labute approximate surface area is 167 Å². The summed E-state index contributed by atoms with van der Waals surface area (Å²) in [4.78, 5) is 15.9. The summed E-state index contributed by atoms with van der Waals surface area (Å²) in [6, 6.07) is 0.333. The Hall–Kier alpha value is -0.330. The predicted molar refractivity (Wildman–Crippen MR) is 103 cm³/mol. The first-order valence-electron chi connectivity index (χ1n) is 9.17. The molecule has 0 aromatic carbocycles. The number of hydrogen-bond donors (Lipinski definition) is 0. The topological polar surface area (TPSA) is 32.8 Å². The smallest absolute Gasteiger partial charge is 0.410 e. The van der Waals surface area contributed by atoms with Gasteiger partial charge >= 0.3 is 6.09 Å². The average Bonchev–Trinajstić information content (AvgIpc) is 2.44. The highest BCUT2D eigenvalue weighted by Crippen LogP contribution is 2.47. The fourth-order valence-electron chi connectivity index (χ4n) is 4.38. The van der Waals surface area contributed by atoms with E-state index in [9.17, 15) is 13.6 Å². The Morgan fingerprint density at radius 1 is 1.00 bits per heavy atom. The highest BCUT2D eigenvalue weighted by Gasteiger charge is 2.48. The number of hydrogen-bond acceptors (Lipinski definition) is 3. The van der Waals surface area contributed by atoms with Gasteiger partial charge in [0.05, 0.1) is 13.1 Å². The average molecular weight is 417 g/mol. The predicted octanol–water partition coefficient (Wildman–Crippen LogP) is 4.74. The van der Waals surface area contributed by atoms with Crippen molar-refractivity contribution in [2.75, 3.05) is 26.2 Å². The molecule has 0 aromatic rings. The van der Waals surface area contributed by atoms with E-state index in [4.69, 9.17) is 4.74 Å². The zero-order valence-corrected chi connectivity index (χ0v) is 17.6. The standard InChI is InChI=1S/C18H30F2N2O2.2ClH/c1-16(2,3)24-15(23)21-10-8-17(9-11-21)6-4-14(5-7-17)22-12-18(19,20)13-22;;/h14H,4-13H2,1-3H3;2*1H. The van der Waals surface area contributed by atoms with E-state index in [2.05, 4.69) is 0 Å². The lowest BCUT2D eigenvalue weighted by atomic mass is 9.66. The first-order chi connectivity index (χ1) is 11.1. The number of amides is 1. The molecule has 0 aromatic heterocycles. The highest BCUT2D eigenvalue weighted by molar-refractivity contribution is 5.85. The van der Waals surface area contributed by atoms with Gasteiger partial charge in [0.15, 0.2) is 0 Å². The van der Waals surface area contributed by atoms with Crippen LogP contribution in [0.4, 0.5) is 13.6 Å². The molecular formula is C18H32Cl2F2N2O2. The molecule has 0 radical (unpaired) electrons. The SMILES string of the molecule is CC(C)(C)OC(=O)N1CCC2(CCC(N3CC(F)(F)C3)CC2)CC1.Cl.Cl. The van der Waals surface area contributed by atoms with Crippen LogP contribution in [0.25, 0.3) is 0 Å². The van der Waals surface area contributed by atoms with E-state index in [1.807, 2.05) is 30.6 Å². The molecule has 8 heteroatoms. The van der Waals surface area contributed by atoms with Crippen molar-refractivity contribution in [3.8, 4) is 0 Å². The van der Waals surface area contributed by atoms with Gasteiger partial charge in [-0.15, -0.1) is 24.8 Å². The summed E-state index contributed by atoms with van der Waals surface area (Å²) < 4.78 is 31.5. The number of piperidine rings is 1. The van der Waals surface area contributed by atoms with E-state index >= 15 is 0 Å². The summed E-state index contributed by atoms with van der Waals surface area (Å²) in [6.07, 6.45) is 6.04. The van der Waals surface area contributed by atoms with E-state index < -0.39 is 11.5 Å². The summed E-state index contributed by atoms with van der Waals surface area (Å²) >= 11 is 0. The van der Waals surface area contributed by atoms with Gasteiger partial charge in [-0.05, 0) is 64.7 Å². The van der Waals surface area contributed by atoms with Crippen molar-refractivity contribution in [2.24, 2.45) is 5.41 Å². The number of ether oxygens (including phenoxy) is 1.